The molecule has 0 radical (unpaired) electrons. The van der Waals surface area contributed by atoms with Gasteiger partial charge in [-0.3, -0.25) is 0 Å². The minimum atomic E-state index is 1.21. The Morgan fingerprint density at radius 2 is 0.737 bits per heavy atom. The molecule has 0 fully saturated rings. The van der Waals surface area contributed by atoms with E-state index in [0.29, 0.717) is 0 Å². The van der Waals surface area contributed by atoms with Crippen LogP contribution in [0.3, 0.4) is 0 Å². The Morgan fingerprint density at radius 3 is 1.13 bits per heavy atom. The van der Waals surface area contributed by atoms with E-state index < -0.39 is 0 Å². The number of aromatic amines is 4. The zero-order valence-electron chi connectivity index (χ0n) is 21.7. The van der Waals surface area contributed by atoms with E-state index in [9.17, 15) is 0 Å². The van der Waals surface area contributed by atoms with Gasteiger partial charge in [-0.15, -0.1) is 0 Å². The molecule has 4 aromatic carbocycles. The number of hydrogen-bond donors (Lipinski definition) is 4. The van der Waals surface area contributed by atoms with Gasteiger partial charge in [-0.2, -0.15) is 0 Å². The maximum Gasteiger partial charge on any atom is 0.0456 e. The first-order valence-electron chi connectivity index (χ1n) is 12.8. The van der Waals surface area contributed by atoms with Gasteiger partial charge in [-0.05, 0) is 72.1 Å². The summed E-state index contributed by atoms with van der Waals surface area (Å²) in [6.45, 7) is 4.22. The van der Waals surface area contributed by atoms with Crippen molar-refractivity contribution in [2.45, 2.75) is 13.8 Å². The molecule has 4 heteroatoms. The Labute approximate surface area is 222 Å². The van der Waals surface area contributed by atoms with Crippen LogP contribution in [-0.4, -0.2) is 19.9 Å². The van der Waals surface area contributed by atoms with Gasteiger partial charge in [0.2, 0.25) is 0 Å². The van der Waals surface area contributed by atoms with Gasteiger partial charge in [0.05, 0.1) is 0 Å². The number of para-hydroxylation sites is 4. The van der Waals surface area contributed by atoms with Crippen LogP contribution in [0, 0.1) is 13.8 Å². The number of aryl methyl sites for hydroxylation is 2. The molecule has 0 unspecified atom stereocenters. The van der Waals surface area contributed by atoms with Crippen molar-refractivity contribution in [3.05, 3.63) is 145 Å². The van der Waals surface area contributed by atoms with Gasteiger partial charge in [0.15, 0.2) is 0 Å². The summed E-state index contributed by atoms with van der Waals surface area (Å²) in [5, 5.41) is 5.19. The number of rotatable bonds is 0. The summed E-state index contributed by atoms with van der Waals surface area (Å²) in [7, 11) is 0. The number of fused-ring (bicyclic) bond motifs is 4. The molecule has 8 rings (SSSR count). The highest BCUT2D eigenvalue weighted by Gasteiger charge is 1.95. The lowest BCUT2D eigenvalue weighted by molar-refractivity contribution is 1.43. The van der Waals surface area contributed by atoms with E-state index in [0.717, 1.165) is 0 Å². The summed E-state index contributed by atoms with van der Waals surface area (Å²) < 4.78 is 0. The number of H-pyrrole nitrogens is 4. The Bertz CT molecular complexity index is 1660. The molecule has 0 aliphatic carbocycles. The van der Waals surface area contributed by atoms with Gasteiger partial charge in [0.1, 0.15) is 0 Å². The van der Waals surface area contributed by atoms with Crippen molar-refractivity contribution in [3.8, 4) is 0 Å². The number of nitrogens with one attached hydrogen (secondary N) is 4. The molecule has 4 nitrogen and oxygen atoms in total. The first-order valence-corrected chi connectivity index (χ1v) is 12.8. The SMILES string of the molecule is Cc1c[nH]c2ccccc12.Cc1c[nH]c2ccccc12.c1ccc2[nH]ccc2c1.c1ccc2[nH]ccc2c1. The van der Waals surface area contributed by atoms with Crippen molar-refractivity contribution in [1.82, 2.24) is 19.9 Å². The molecular weight excluding hydrogens is 464 g/mol. The van der Waals surface area contributed by atoms with Crippen molar-refractivity contribution in [2.24, 2.45) is 0 Å². The van der Waals surface area contributed by atoms with E-state index >= 15 is 0 Å². The van der Waals surface area contributed by atoms with Gasteiger partial charge in [-0.1, -0.05) is 72.8 Å². The second kappa shape index (κ2) is 11.8. The average Bonchev–Trinajstić information content (AvgIpc) is 3.78. The second-order valence-electron chi connectivity index (χ2n) is 9.16. The van der Waals surface area contributed by atoms with Crippen LogP contribution < -0.4 is 0 Å². The molecule has 0 saturated heterocycles. The molecule has 0 atom stereocenters. The third-order valence-electron chi connectivity index (χ3n) is 6.52. The lowest BCUT2D eigenvalue weighted by atomic mass is 10.2. The molecule has 0 bridgehead atoms. The smallest absolute Gasteiger partial charge is 0.0456 e. The molecule has 4 N–H and O–H groups in total. The molecule has 4 heterocycles. The Hall–Kier alpha value is -4.96. The van der Waals surface area contributed by atoms with Crippen LogP contribution in [-0.2, 0) is 0 Å². The monoisotopic (exact) mass is 496 g/mol. The first kappa shape index (κ1) is 24.7. The molecule has 0 aliphatic rings. The average molecular weight is 497 g/mol. The molecule has 0 amide bonds. The van der Waals surface area contributed by atoms with Crippen molar-refractivity contribution >= 4 is 43.6 Å². The quantitative estimate of drug-likeness (QED) is 0.162. The summed E-state index contributed by atoms with van der Waals surface area (Å²) in [5.74, 6) is 0. The lowest BCUT2D eigenvalue weighted by Gasteiger charge is -1.86. The molecule has 4 aromatic heterocycles. The third-order valence-corrected chi connectivity index (χ3v) is 6.52. The van der Waals surface area contributed by atoms with Crippen molar-refractivity contribution in [2.75, 3.05) is 0 Å². The second-order valence-corrected chi connectivity index (χ2v) is 9.16. The van der Waals surface area contributed by atoms with Crippen LogP contribution in [0.25, 0.3) is 43.6 Å². The summed E-state index contributed by atoms with van der Waals surface area (Å²) in [6.07, 6.45) is 7.96. The summed E-state index contributed by atoms with van der Waals surface area (Å²) in [5.41, 5.74) is 7.49. The van der Waals surface area contributed by atoms with Crippen LogP contribution in [0.5, 0.6) is 0 Å². The standard InChI is InChI=1S/2C9H9N.2C8H7N/c2*1-7-6-10-9-5-3-2-4-8(7)9;2*1-2-4-8-7(3-1)5-6-9-8/h2*2-6,10H,1H3;2*1-6,9H. The molecule has 0 saturated carbocycles. The maximum absolute atomic E-state index is 3.19. The highest BCUT2D eigenvalue weighted by Crippen LogP contribution is 2.16. The van der Waals surface area contributed by atoms with Gasteiger partial charge in [0.25, 0.3) is 0 Å². The molecular formula is C34H32N4. The number of aromatic nitrogens is 4. The Morgan fingerprint density at radius 1 is 0.368 bits per heavy atom. The molecule has 188 valence electrons. The van der Waals surface area contributed by atoms with E-state index in [1.807, 2.05) is 61.2 Å². The van der Waals surface area contributed by atoms with Gasteiger partial charge in [0, 0.05) is 57.6 Å². The minimum absolute atomic E-state index is 1.21. The fraction of sp³-hybridized carbons (Fsp3) is 0.0588. The summed E-state index contributed by atoms with van der Waals surface area (Å²) in [6, 6.07) is 37.2. The van der Waals surface area contributed by atoms with Crippen LogP contribution in [0.2, 0.25) is 0 Å². The zero-order chi connectivity index (χ0) is 26.2. The van der Waals surface area contributed by atoms with Gasteiger partial charge < -0.3 is 19.9 Å². The van der Waals surface area contributed by atoms with E-state index in [4.69, 9.17) is 0 Å². The van der Waals surface area contributed by atoms with Crippen LogP contribution in [0.4, 0.5) is 0 Å². The normalized spacial score (nSPS) is 10.4. The maximum atomic E-state index is 3.19. The van der Waals surface area contributed by atoms with Crippen molar-refractivity contribution in [1.29, 1.82) is 0 Å². The predicted octanol–water partition coefficient (Wildman–Crippen LogP) is 9.29. The molecule has 8 aromatic rings. The number of hydrogen-bond acceptors (Lipinski definition) is 0. The number of benzene rings is 4. The van der Waals surface area contributed by atoms with Crippen LogP contribution >= 0.6 is 0 Å². The van der Waals surface area contributed by atoms with Crippen molar-refractivity contribution < 1.29 is 0 Å². The third kappa shape index (κ3) is 5.88. The minimum Gasteiger partial charge on any atom is -0.361 e. The Kier molecular flexibility index (Phi) is 7.71. The molecule has 38 heavy (non-hydrogen) atoms. The van der Waals surface area contributed by atoms with Crippen LogP contribution in [0.1, 0.15) is 11.1 Å². The van der Waals surface area contributed by atoms with E-state index in [1.165, 1.54) is 54.7 Å². The highest BCUT2D eigenvalue weighted by molar-refractivity contribution is 5.83. The first-order chi connectivity index (χ1) is 18.7. The van der Waals surface area contributed by atoms with E-state index in [-0.39, 0.29) is 0 Å². The fourth-order valence-corrected chi connectivity index (χ4v) is 4.42. The summed E-state index contributed by atoms with van der Waals surface area (Å²) in [4.78, 5) is 12.6. The molecule has 0 spiro atoms. The highest BCUT2D eigenvalue weighted by atomic mass is 14.7. The molecule has 0 aliphatic heterocycles. The topological polar surface area (TPSA) is 63.2 Å². The van der Waals surface area contributed by atoms with Gasteiger partial charge >= 0.3 is 0 Å². The lowest BCUT2D eigenvalue weighted by Crippen LogP contribution is -1.64. The van der Waals surface area contributed by atoms with Gasteiger partial charge in [-0.25, -0.2) is 0 Å². The Balaban J connectivity index is 0.000000103. The predicted molar refractivity (Wildman–Crippen MR) is 163 cm³/mol. The zero-order valence-corrected chi connectivity index (χ0v) is 21.7. The summed E-state index contributed by atoms with van der Waals surface area (Å²) >= 11 is 0. The van der Waals surface area contributed by atoms with E-state index in [1.54, 1.807) is 0 Å². The largest absolute Gasteiger partial charge is 0.361 e. The fourth-order valence-electron chi connectivity index (χ4n) is 4.42. The van der Waals surface area contributed by atoms with E-state index in [2.05, 4.69) is 107 Å². The van der Waals surface area contributed by atoms with Crippen LogP contribution in [0.15, 0.2) is 134 Å². The van der Waals surface area contributed by atoms with Crippen molar-refractivity contribution in [3.63, 3.8) is 0 Å².